The highest BCUT2D eigenvalue weighted by molar-refractivity contribution is 5.94. The van der Waals surface area contributed by atoms with Gasteiger partial charge in [-0.25, -0.2) is 4.98 Å². The third-order valence-electron chi connectivity index (χ3n) is 2.72. The van der Waals surface area contributed by atoms with Gasteiger partial charge in [-0.1, -0.05) is 0 Å². The molecule has 1 aromatic heterocycles. The van der Waals surface area contributed by atoms with Gasteiger partial charge in [0.2, 0.25) is 5.88 Å². The lowest BCUT2D eigenvalue weighted by atomic mass is 10.2. The Morgan fingerprint density at radius 2 is 2.59 bits per heavy atom. The van der Waals surface area contributed by atoms with Gasteiger partial charge in [0.1, 0.15) is 0 Å². The Morgan fingerprint density at radius 1 is 1.71 bits per heavy atom. The van der Waals surface area contributed by atoms with Crippen molar-refractivity contribution < 1.29 is 14.3 Å². The Bertz CT molecular complexity index is 389. The zero-order chi connectivity index (χ0) is 12.1. The summed E-state index contributed by atoms with van der Waals surface area (Å²) in [6.07, 6.45) is 3.80. The quantitative estimate of drug-likeness (QED) is 0.847. The van der Waals surface area contributed by atoms with Crippen molar-refractivity contribution in [3.05, 3.63) is 23.9 Å². The molecule has 1 saturated heterocycles. The smallest absolute Gasteiger partial charge is 0.251 e. The van der Waals surface area contributed by atoms with E-state index in [0.29, 0.717) is 18.0 Å². The van der Waals surface area contributed by atoms with E-state index in [2.05, 4.69) is 10.3 Å². The molecule has 1 aliphatic rings. The molecule has 5 heteroatoms. The highest BCUT2D eigenvalue weighted by Gasteiger charge is 2.16. The molecule has 1 aliphatic heterocycles. The molecule has 1 N–H and O–H groups in total. The molecule has 1 fully saturated rings. The molecule has 0 aliphatic carbocycles. The fourth-order valence-corrected chi connectivity index (χ4v) is 1.78. The first-order valence-corrected chi connectivity index (χ1v) is 5.69. The van der Waals surface area contributed by atoms with Gasteiger partial charge >= 0.3 is 0 Å². The summed E-state index contributed by atoms with van der Waals surface area (Å²) in [5, 5.41) is 2.84. The van der Waals surface area contributed by atoms with Crippen molar-refractivity contribution in [3.63, 3.8) is 0 Å². The van der Waals surface area contributed by atoms with E-state index < -0.39 is 0 Å². The topological polar surface area (TPSA) is 60.5 Å². The van der Waals surface area contributed by atoms with Crippen molar-refractivity contribution in [2.24, 2.45) is 0 Å². The Morgan fingerprint density at radius 3 is 3.29 bits per heavy atom. The molecule has 0 bridgehead atoms. The van der Waals surface area contributed by atoms with Gasteiger partial charge in [0, 0.05) is 31.0 Å². The molecule has 1 unspecified atom stereocenters. The second kappa shape index (κ2) is 5.63. The highest BCUT2D eigenvalue weighted by atomic mass is 16.5. The van der Waals surface area contributed by atoms with Crippen LogP contribution in [0.4, 0.5) is 0 Å². The number of amides is 1. The van der Waals surface area contributed by atoms with E-state index in [0.717, 1.165) is 19.4 Å². The number of carbonyl (C=O) groups excluding carboxylic acids is 1. The van der Waals surface area contributed by atoms with Gasteiger partial charge in [-0.3, -0.25) is 4.79 Å². The number of hydrogen-bond donors (Lipinski definition) is 1. The molecule has 0 radical (unpaired) electrons. The molecule has 0 spiro atoms. The molecule has 0 aromatic carbocycles. The minimum atomic E-state index is -0.124. The number of nitrogens with one attached hydrogen (secondary N) is 1. The third-order valence-corrected chi connectivity index (χ3v) is 2.72. The minimum Gasteiger partial charge on any atom is -0.481 e. The molecular formula is C12H16N2O3. The number of ether oxygens (including phenoxy) is 2. The lowest BCUT2D eigenvalue weighted by molar-refractivity contribution is 0.0857. The first-order valence-electron chi connectivity index (χ1n) is 5.69. The summed E-state index contributed by atoms with van der Waals surface area (Å²) in [6, 6.07) is 3.28. The summed E-state index contributed by atoms with van der Waals surface area (Å²) >= 11 is 0. The standard InChI is InChI=1S/C12H16N2O3/c1-16-11-7-9(4-5-13-11)12(15)14-8-10-3-2-6-17-10/h4-5,7,10H,2-3,6,8H2,1H3,(H,14,15). The van der Waals surface area contributed by atoms with Crippen molar-refractivity contribution in [1.29, 1.82) is 0 Å². The van der Waals surface area contributed by atoms with Gasteiger partial charge in [0.15, 0.2) is 0 Å². The van der Waals surface area contributed by atoms with E-state index in [-0.39, 0.29) is 12.0 Å². The van der Waals surface area contributed by atoms with Gasteiger partial charge in [-0.05, 0) is 18.9 Å². The van der Waals surface area contributed by atoms with Crippen LogP contribution in [0.15, 0.2) is 18.3 Å². The van der Waals surface area contributed by atoms with Crippen LogP contribution < -0.4 is 10.1 Å². The number of rotatable bonds is 4. The lowest BCUT2D eigenvalue weighted by Crippen LogP contribution is -2.31. The molecule has 92 valence electrons. The maximum absolute atomic E-state index is 11.8. The van der Waals surface area contributed by atoms with Gasteiger partial charge in [0.25, 0.3) is 5.91 Å². The molecule has 2 heterocycles. The van der Waals surface area contributed by atoms with Crippen LogP contribution in [0.3, 0.4) is 0 Å². The Balaban J connectivity index is 1.89. The Hall–Kier alpha value is -1.62. The Kier molecular flexibility index (Phi) is 3.93. The van der Waals surface area contributed by atoms with E-state index in [4.69, 9.17) is 9.47 Å². The van der Waals surface area contributed by atoms with E-state index in [1.54, 1.807) is 18.3 Å². The maximum atomic E-state index is 11.8. The monoisotopic (exact) mass is 236 g/mol. The maximum Gasteiger partial charge on any atom is 0.251 e. The lowest BCUT2D eigenvalue weighted by Gasteiger charge is -2.10. The van der Waals surface area contributed by atoms with Crippen LogP contribution >= 0.6 is 0 Å². The SMILES string of the molecule is COc1cc(C(=O)NCC2CCCO2)ccn1. The second-order valence-corrected chi connectivity index (χ2v) is 3.93. The van der Waals surface area contributed by atoms with Gasteiger partial charge in [0.05, 0.1) is 13.2 Å². The van der Waals surface area contributed by atoms with E-state index in [1.807, 2.05) is 0 Å². The summed E-state index contributed by atoms with van der Waals surface area (Å²) in [4.78, 5) is 15.8. The van der Waals surface area contributed by atoms with Crippen molar-refractivity contribution in [1.82, 2.24) is 10.3 Å². The van der Waals surface area contributed by atoms with E-state index in [9.17, 15) is 4.79 Å². The number of hydrogen-bond acceptors (Lipinski definition) is 4. The van der Waals surface area contributed by atoms with Crippen LogP contribution in [0.2, 0.25) is 0 Å². The summed E-state index contributed by atoms with van der Waals surface area (Å²) in [7, 11) is 1.52. The predicted molar refractivity (Wildman–Crippen MR) is 62.1 cm³/mol. The first kappa shape index (κ1) is 11.9. The molecule has 2 rings (SSSR count). The Labute approximate surface area is 100 Å². The van der Waals surface area contributed by atoms with Crippen LogP contribution in [0.5, 0.6) is 5.88 Å². The highest BCUT2D eigenvalue weighted by Crippen LogP contribution is 2.11. The second-order valence-electron chi connectivity index (χ2n) is 3.93. The fourth-order valence-electron chi connectivity index (χ4n) is 1.78. The average Bonchev–Trinajstić information content (AvgIpc) is 2.89. The molecule has 1 atom stereocenters. The van der Waals surface area contributed by atoms with Gasteiger partial charge in [-0.2, -0.15) is 0 Å². The number of aromatic nitrogens is 1. The fraction of sp³-hybridized carbons (Fsp3) is 0.500. The first-order chi connectivity index (χ1) is 8.29. The van der Waals surface area contributed by atoms with Crippen LogP contribution in [0.1, 0.15) is 23.2 Å². The van der Waals surface area contributed by atoms with Crippen molar-refractivity contribution in [3.8, 4) is 5.88 Å². The van der Waals surface area contributed by atoms with Crippen molar-refractivity contribution in [2.75, 3.05) is 20.3 Å². The number of carbonyl (C=O) groups is 1. The molecular weight excluding hydrogens is 220 g/mol. The summed E-state index contributed by atoms with van der Waals surface area (Å²) in [5.74, 6) is 0.316. The largest absolute Gasteiger partial charge is 0.481 e. The van der Waals surface area contributed by atoms with Crippen LogP contribution in [-0.2, 0) is 4.74 Å². The average molecular weight is 236 g/mol. The molecule has 1 amide bonds. The molecule has 1 aromatic rings. The molecule has 17 heavy (non-hydrogen) atoms. The number of pyridine rings is 1. The number of methoxy groups -OCH3 is 1. The van der Waals surface area contributed by atoms with Crippen LogP contribution in [-0.4, -0.2) is 37.3 Å². The van der Waals surface area contributed by atoms with E-state index in [1.165, 1.54) is 7.11 Å². The zero-order valence-corrected chi connectivity index (χ0v) is 9.81. The van der Waals surface area contributed by atoms with E-state index >= 15 is 0 Å². The van der Waals surface area contributed by atoms with Crippen LogP contribution in [0.25, 0.3) is 0 Å². The summed E-state index contributed by atoms with van der Waals surface area (Å²) < 4.78 is 10.4. The zero-order valence-electron chi connectivity index (χ0n) is 9.81. The van der Waals surface area contributed by atoms with Crippen molar-refractivity contribution >= 4 is 5.91 Å². The van der Waals surface area contributed by atoms with Crippen LogP contribution in [0, 0.1) is 0 Å². The normalized spacial score (nSPS) is 19.0. The van der Waals surface area contributed by atoms with Gasteiger partial charge in [-0.15, -0.1) is 0 Å². The molecule has 5 nitrogen and oxygen atoms in total. The number of nitrogens with zero attached hydrogens (tertiary/aromatic N) is 1. The predicted octanol–water partition coefficient (Wildman–Crippen LogP) is 0.999. The molecule has 0 saturated carbocycles. The summed E-state index contributed by atoms with van der Waals surface area (Å²) in [5.41, 5.74) is 0.551. The minimum absolute atomic E-state index is 0.124. The summed E-state index contributed by atoms with van der Waals surface area (Å²) in [6.45, 7) is 1.35. The third kappa shape index (κ3) is 3.17. The van der Waals surface area contributed by atoms with Gasteiger partial charge < -0.3 is 14.8 Å². The van der Waals surface area contributed by atoms with Crippen molar-refractivity contribution in [2.45, 2.75) is 18.9 Å².